The van der Waals surface area contributed by atoms with E-state index in [2.05, 4.69) is 6.07 Å². The molecule has 0 spiro atoms. The van der Waals surface area contributed by atoms with Gasteiger partial charge in [0.15, 0.2) is 0 Å². The molecule has 3 nitrogen and oxygen atoms in total. The van der Waals surface area contributed by atoms with Crippen LogP contribution in [-0.2, 0) is 0 Å². The molecule has 1 N–H and O–H groups in total. The van der Waals surface area contributed by atoms with Crippen molar-refractivity contribution in [2.24, 2.45) is 0 Å². The van der Waals surface area contributed by atoms with E-state index in [0.29, 0.717) is 5.56 Å². The maximum atomic E-state index is 9.04. The summed E-state index contributed by atoms with van der Waals surface area (Å²) in [6.45, 7) is 3.99. The van der Waals surface area contributed by atoms with E-state index >= 15 is 0 Å². The van der Waals surface area contributed by atoms with Crippen LogP contribution < -0.4 is 4.90 Å². The number of benzene rings is 1. The first kappa shape index (κ1) is 11.5. The molecule has 0 bridgehead atoms. The highest BCUT2D eigenvalue weighted by Crippen LogP contribution is 2.19. The van der Waals surface area contributed by atoms with Gasteiger partial charge in [-0.25, -0.2) is 0 Å². The lowest BCUT2D eigenvalue weighted by Crippen LogP contribution is -2.31. The lowest BCUT2D eigenvalue weighted by molar-refractivity contribution is 0.270. The minimum absolute atomic E-state index is 0.0809. The number of rotatable bonds is 3. The van der Waals surface area contributed by atoms with Crippen LogP contribution in [0.5, 0.6) is 0 Å². The molecule has 0 aromatic heterocycles. The van der Waals surface area contributed by atoms with Gasteiger partial charge in [0.25, 0.3) is 0 Å². The van der Waals surface area contributed by atoms with Crippen LogP contribution in [0.2, 0.25) is 0 Å². The molecule has 0 radical (unpaired) electrons. The number of aryl methyl sites for hydroxylation is 1. The zero-order valence-corrected chi connectivity index (χ0v) is 9.36. The molecule has 0 fully saturated rings. The first-order valence-corrected chi connectivity index (χ1v) is 4.94. The molecular formula is C12H16N2O. The van der Waals surface area contributed by atoms with Crippen LogP contribution in [0, 0.1) is 18.3 Å². The fourth-order valence-corrected chi connectivity index (χ4v) is 1.37. The molecular weight excluding hydrogens is 188 g/mol. The van der Waals surface area contributed by atoms with Crippen LogP contribution in [0.3, 0.4) is 0 Å². The first-order chi connectivity index (χ1) is 7.10. The van der Waals surface area contributed by atoms with Crippen molar-refractivity contribution in [3.05, 3.63) is 29.3 Å². The van der Waals surface area contributed by atoms with E-state index in [1.165, 1.54) is 0 Å². The van der Waals surface area contributed by atoms with Gasteiger partial charge in [-0.3, -0.25) is 0 Å². The van der Waals surface area contributed by atoms with Crippen molar-refractivity contribution in [1.82, 2.24) is 0 Å². The zero-order valence-electron chi connectivity index (χ0n) is 9.36. The average Bonchev–Trinajstić information content (AvgIpc) is 2.26. The van der Waals surface area contributed by atoms with Crippen molar-refractivity contribution >= 4 is 5.69 Å². The summed E-state index contributed by atoms with van der Waals surface area (Å²) in [5, 5.41) is 17.8. The van der Waals surface area contributed by atoms with Crippen molar-refractivity contribution in [2.75, 3.05) is 18.6 Å². The van der Waals surface area contributed by atoms with Gasteiger partial charge in [0.2, 0.25) is 0 Å². The van der Waals surface area contributed by atoms with Gasteiger partial charge in [-0.2, -0.15) is 5.26 Å². The van der Waals surface area contributed by atoms with Gasteiger partial charge in [-0.1, -0.05) is 0 Å². The van der Waals surface area contributed by atoms with Crippen LogP contribution in [0.15, 0.2) is 18.2 Å². The second-order valence-corrected chi connectivity index (χ2v) is 3.75. The Morgan fingerprint density at radius 3 is 2.67 bits per heavy atom. The highest BCUT2D eigenvalue weighted by atomic mass is 16.3. The Labute approximate surface area is 90.6 Å². The largest absolute Gasteiger partial charge is 0.394 e. The lowest BCUT2D eigenvalue weighted by atomic mass is 10.1. The van der Waals surface area contributed by atoms with Crippen LogP contribution >= 0.6 is 0 Å². The molecule has 15 heavy (non-hydrogen) atoms. The van der Waals surface area contributed by atoms with Crippen LogP contribution in [0.25, 0.3) is 0 Å². The molecule has 0 aliphatic heterocycles. The van der Waals surface area contributed by atoms with E-state index in [9.17, 15) is 0 Å². The van der Waals surface area contributed by atoms with E-state index in [1.807, 2.05) is 44.0 Å². The quantitative estimate of drug-likeness (QED) is 0.815. The number of anilines is 1. The molecule has 1 aromatic carbocycles. The van der Waals surface area contributed by atoms with Crippen molar-refractivity contribution in [1.29, 1.82) is 5.26 Å². The Bertz CT molecular complexity index is 382. The van der Waals surface area contributed by atoms with Crippen LogP contribution in [0.1, 0.15) is 18.1 Å². The van der Waals surface area contributed by atoms with Crippen molar-refractivity contribution in [2.45, 2.75) is 19.9 Å². The summed E-state index contributed by atoms with van der Waals surface area (Å²) >= 11 is 0. The summed E-state index contributed by atoms with van der Waals surface area (Å²) in [6, 6.07) is 7.89. The number of nitrogens with zero attached hydrogens (tertiary/aromatic N) is 2. The summed E-state index contributed by atoms with van der Waals surface area (Å²) in [7, 11) is 1.93. The smallest absolute Gasteiger partial charge is 0.0994 e. The second-order valence-electron chi connectivity index (χ2n) is 3.75. The maximum absolute atomic E-state index is 9.04. The number of nitriles is 1. The highest BCUT2D eigenvalue weighted by molar-refractivity contribution is 5.53. The number of hydrogen-bond acceptors (Lipinski definition) is 3. The average molecular weight is 204 g/mol. The summed E-state index contributed by atoms with van der Waals surface area (Å²) in [5.41, 5.74) is 2.68. The third kappa shape index (κ3) is 2.48. The normalized spacial score (nSPS) is 11.9. The lowest BCUT2D eigenvalue weighted by Gasteiger charge is -2.25. The molecule has 1 aromatic rings. The molecule has 1 rings (SSSR count). The molecule has 1 unspecified atom stereocenters. The Morgan fingerprint density at radius 2 is 2.20 bits per heavy atom. The number of hydrogen-bond donors (Lipinski definition) is 1. The van der Waals surface area contributed by atoms with E-state index in [1.54, 1.807) is 0 Å². The topological polar surface area (TPSA) is 47.3 Å². The molecule has 0 aliphatic carbocycles. The third-order valence-electron chi connectivity index (χ3n) is 2.66. The zero-order chi connectivity index (χ0) is 11.4. The SMILES string of the molecule is Cc1cc(N(C)C(C)CO)ccc1C#N. The van der Waals surface area contributed by atoms with E-state index in [0.717, 1.165) is 11.3 Å². The summed E-state index contributed by atoms with van der Waals surface area (Å²) in [6.07, 6.45) is 0. The van der Waals surface area contributed by atoms with Crippen LogP contribution in [0.4, 0.5) is 5.69 Å². The summed E-state index contributed by atoms with van der Waals surface area (Å²) in [5.74, 6) is 0. The van der Waals surface area contributed by atoms with Crippen molar-refractivity contribution in [3.8, 4) is 6.07 Å². The van der Waals surface area contributed by atoms with Crippen molar-refractivity contribution in [3.63, 3.8) is 0 Å². The fraction of sp³-hybridized carbons (Fsp3) is 0.417. The Morgan fingerprint density at radius 1 is 1.53 bits per heavy atom. The van der Waals surface area contributed by atoms with Gasteiger partial charge in [0.05, 0.1) is 18.2 Å². The molecule has 0 amide bonds. The summed E-state index contributed by atoms with van der Waals surface area (Å²) < 4.78 is 0. The Balaban J connectivity index is 2.98. The molecule has 0 heterocycles. The van der Waals surface area contributed by atoms with Gasteiger partial charge in [0.1, 0.15) is 0 Å². The standard InChI is InChI=1S/C12H16N2O/c1-9-6-12(5-4-11(9)7-13)14(3)10(2)8-15/h4-6,10,15H,8H2,1-3H3. The molecule has 1 atom stereocenters. The van der Waals surface area contributed by atoms with Crippen molar-refractivity contribution < 1.29 is 5.11 Å². The molecule has 0 aliphatic rings. The Kier molecular flexibility index (Phi) is 3.70. The number of aliphatic hydroxyl groups excluding tert-OH is 1. The van der Waals surface area contributed by atoms with Gasteiger partial charge in [0, 0.05) is 18.8 Å². The maximum Gasteiger partial charge on any atom is 0.0994 e. The van der Waals surface area contributed by atoms with E-state index in [4.69, 9.17) is 10.4 Å². The number of aliphatic hydroxyl groups is 1. The number of likely N-dealkylation sites (N-methyl/N-ethyl adjacent to an activating group) is 1. The first-order valence-electron chi connectivity index (χ1n) is 4.94. The second kappa shape index (κ2) is 4.81. The Hall–Kier alpha value is -1.53. The fourth-order valence-electron chi connectivity index (χ4n) is 1.37. The van der Waals surface area contributed by atoms with Gasteiger partial charge in [-0.05, 0) is 37.6 Å². The van der Waals surface area contributed by atoms with E-state index in [-0.39, 0.29) is 12.6 Å². The van der Waals surface area contributed by atoms with Gasteiger partial charge in [-0.15, -0.1) is 0 Å². The third-order valence-corrected chi connectivity index (χ3v) is 2.66. The van der Waals surface area contributed by atoms with Gasteiger partial charge < -0.3 is 10.0 Å². The minimum atomic E-state index is 0.0809. The highest BCUT2D eigenvalue weighted by Gasteiger charge is 2.09. The predicted molar refractivity (Wildman–Crippen MR) is 60.8 cm³/mol. The predicted octanol–water partition coefficient (Wildman–Crippen LogP) is 1.68. The van der Waals surface area contributed by atoms with Crippen LogP contribution in [-0.4, -0.2) is 24.8 Å². The minimum Gasteiger partial charge on any atom is -0.394 e. The monoisotopic (exact) mass is 204 g/mol. The molecule has 80 valence electrons. The molecule has 3 heteroatoms. The van der Waals surface area contributed by atoms with Gasteiger partial charge >= 0.3 is 0 Å². The van der Waals surface area contributed by atoms with E-state index < -0.39 is 0 Å². The molecule has 0 saturated heterocycles. The summed E-state index contributed by atoms with van der Waals surface area (Å²) in [4.78, 5) is 1.99. The molecule has 0 saturated carbocycles.